The van der Waals surface area contributed by atoms with Crippen molar-refractivity contribution in [1.29, 1.82) is 0 Å². The second-order valence-electron chi connectivity index (χ2n) is 7.65. The van der Waals surface area contributed by atoms with E-state index < -0.39 is 0 Å². The van der Waals surface area contributed by atoms with Gasteiger partial charge in [-0.1, -0.05) is 25.5 Å². The molecule has 34 heavy (non-hydrogen) atoms. The van der Waals surface area contributed by atoms with Crippen LogP contribution in [0.25, 0.3) is 22.4 Å². The Morgan fingerprint density at radius 3 is 2.18 bits per heavy atom. The molecule has 9 heteroatoms. The van der Waals surface area contributed by atoms with E-state index in [1.165, 1.54) is 0 Å². The lowest BCUT2D eigenvalue weighted by Gasteiger charge is -2.15. The molecule has 0 saturated carbocycles. The van der Waals surface area contributed by atoms with Gasteiger partial charge in [-0.2, -0.15) is 5.10 Å². The first-order valence-electron chi connectivity index (χ1n) is 11.0. The molecule has 0 atom stereocenters. The molecule has 0 saturated heterocycles. The molecule has 2 aromatic heterocycles. The lowest BCUT2D eigenvalue weighted by molar-refractivity contribution is 0.324. The quantitative estimate of drug-likeness (QED) is 0.380. The third-order valence-electron chi connectivity index (χ3n) is 5.52. The molecule has 0 aliphatic heterocycles. The summed E-state index contributed by atoms with van der Waals surface area (Å²) in [4.78, 5) is 9.81. The van der Waals surface area contributed by atoms with Crippen molar-refractivity contribution in [2.24, 2.45) is 7.05 Å². The largest absolute Gasteiger partial charge is 0.495 e. The van der Waals surface area contributed by atoms with Crippen molar-refractivity contribution in [3.63, 3.8) is 0 Å². The number of methoxy groups -OCH3 is 4. The van der Waals surface area contributed by atoms with Gasteiger partial charge >= 0.3 is 0 Å². The molecule has 0 aliphatic carbocycles. The molecule has 4 rings (SSSR count). The number of nitrogens with zero attached hydrogens (tertiary/aromatic N) is 4. The van der Waals surface area contributed by atoms with Crippen molar-refractivity contribution >= 4 is 22.5 Å². The number of para-hydroxylation sites is 2. The van der Waals surface area contributed by atoms with Crippen LogP contribution in [0.2, 0.25) is 0 Å². The molecular weight excluding hydrogens is 434 g/mol. The highest BCUT2D eigenvalue weighted by molar-refractivity contribution is 5.91. The zero-order valence-electron chi connectivity index (χ0n) is 20.3. The molecule has 1 N–H and O–H groups in total. The zero-order chi connectivity index (χ0) is 24.2. The monoisotopic (exact) mass is 463 g/mol. The van der Waals surface area contributed by atoms with Gasteiger partial charge in [-0.05, 0) is 30.7 Å². The number of rotatable bonds is 9. The fourth-order valence-electron chi connectivity index (χ4n) is 3.95. The minimum Gasteiger partial charge on any atom is -0.495 e. The van der Waals surface area contributed by atoms with Crippen LogP contribution in [-0.4, -0.2) is 48.2 Å². The zero-order valence-corrected chi connectivity index (χ0v) is 20.3. The summed E-state index contributed by atoms with van der Waals surface area (Å²) in [5, 5.41) is 8.16. The predicted molar refractivity (Wildman–Crippen MR) is 132 cm³/mol. The molecular formula is C25H29N5O4. The third kappa shape index (κ3) is 4.16. The fraction of sp³-hybridized carbons (Fsp3) is 0.320. The molecule has 0 aliphatic rings. The normalized spacial score (nSPS) is 10.9. The number of ether oxygens (including phenoxy) is 4. The van der Waals surface area contributed by atoms with E-state index in [0.717, 1.165) is 40.8 Å². The maximum atomic E-state index is 5.54. The summed E-state index contributed by atoms with van der Waals surface area (Å²) in [5.41, 5.74) is 4.04. The number of benzene rings is 2. The molecule has 0 unspecified atom stereocenters. The highest BCUT2D eigenvalue weighted by Gasteiger charge is 2.21. The predicted octanol–water partition coefficient (Wildman–Crippen LogP) is 4.76. The first-order chi connectivity index (χ1) is 16.5. The van der Waals surface area contributed by atoms with E-state index in [4.69, 9.17) is 34.0 Å². The number of hydrogen-bond donors (Lipinski definition) is 1. The Kier molecular flexibility index (Phi) is 6.72. The summed E-state index contributed by atoms with van der Waals surface area (Å²) in [6, 6.07) is 11.4. The number of nitrogens with one attached hydrogen (secondary N) is 1. The molecule has 0 radical (unpaired) electrons. The summed E-state index contributed by atoms with van der Waals surface area (Å²) in [6.45, 7) is 2.12. The van der Waals surface area contributed by atoms with Crippen LogP contribution in [0.3, 0.4) is 0 Å². The molecule has 178 valence electrons. The molecule has 0 bridgehead atoms. The third-order valence-corrected chi connectivity index (χ3v) is 5.52. The van der Waals surface area contributed by atoms with Gasteiger partial charge in [0.05, 0.1) is 39.8 Å². The van der Waals surface area contributed by atoms with Gasteiger partial charge in [0.1, 0.15) is 16.8 Å². The minimum atomic E-state index is 0.509. The number of fused-ring (bicyclic) bond motifs is 1. The topological polar surface area (TPSA) is 92.6 Å². The Bertz CT molecular complexity index is 1290. The van der Waals surface area contributed by atoms with Crippen LogP contribution in [0, 0.1) is 0 Å². The highest BCUT2D eigenvalue weighted by atomic mass is 16.5. The van der Waals surface area contributed by atoms with Crippen molar-refractivity contribution in [2.45, 2.75) is 19.8 Å². The number of aryl methyl sites for hydroxylation is 2. The van der Waals surface area contributed by atoms with Crippen molar-refractivity contribution in [3.8, 4) is 34.4 Å². The van der Waals surface area contributed by atoms with Crippen LogP contribution in [0.1, 0.15) is 19.0 Å². The Labute approximate surface area is 198 Å². The van der Waals surface area contributed by atoms with Gasteiger partial charge in [-0.3, -0.25) is 4.68 Å². The maximum Gasteiger partial charge on any atom is 0.203 e. The van der Waals surface area contributed by atoms with E-state index in [-0.39, 0.29) is 0 Å². The summed E-state index contributed by atoms with van der Waals surface area (Å²) < 4.78 is 23.9. The van der Waals surface area contributed by atoms with E-state index in [0.29, 0.717) is 34.6 Å². The van der Waals surface area contributed by atoms with Gasteiger partial charge in [0.2, 0.25) is 5.75 Å². The molecule has 0 amide bonds. The second-order valence-corrected chi connectivity index (χ2v) is 7.65. The van der Waals surface area contributed by atoms with E-state index in [9.17, 15) is 0 Å². The van der Waals surface area contributed by atoms with Gasteiger partial charge < -0.3 is 24.3 Å². The van der Waals surface area contributed by atoms with Crippen molar-refractivity contribution in [2.75, 3.05) is 33.8 Å². The smallest absolute Gasteiger partial charge is 0.203 e. The minimum absolute atomic E-state index is 0.509. The molecule has 2 aromatic carbocycles. The van der Waals surface area contributed by atoms with Crippen LogP contribution in [-0.2, 0) is 13.5 Å². The van der Waals surface area contributed by atoms with E-state index in [1.54, 1.807) is 28.4 Å². The Hall–Kier alpha value is -4.01. The molecule has 4 aromatic rings. The van der Waals surface area contributed by atoms with Gasteiger partial charge in [-0.15, -0.1) is 0 Å². The van der Waals surface area contributed by atoms with Crippen molar-refractivity contribution in [1.82, 2.24) is 19.7 Å². The fourth-order valence-corrected chi connectivity index (χ4v) is 3.95. The van der Waals surface area contributed by atoms with Crippen molar-refractivity contribution in [3.05, 3.63) is 42.1 Å². The van der Waals surface area contributed by atoms with Gasteiger partial charge in [-0.25, -0.2) is 9.97 Å². The summed E-state index contributed by atoms with van der Waals surface area (Å²) in [6.07, 6.45) is 1.75. The Morgan fingerprint density at radius 2 is 1.56 bits per heavy atom. The average molecular weight is 464 g/mol. The van der Waals surface area contributed by atoms with E-state index in [2.05, 4.69) is 12.2 Å². The molecule has 0 fully saturated rings. The number of anilines is 2. The lowest BCUT2D eigenvalue weighted by Crippen LogP contribution is -2.03. The van der Waals surface area contributed by atoms with Gasteiger partial charge in [0.15, 0.2) is 23.1 Å². The SMILES string of the molecule is CCCc1nn(C)c2c(Nc3ccccc3OC)nc(-c3cc(OC)c(OC)c(OC)c3)nc12. The van der Waals surface area contributed by atoms with Gasteiger partial charge in [0.25, 0.3) is 0 Å². The van der Waals surface area contributed by atoms with Crippen LogP contribution >= 0.6 is 0 Å². The molecule has 9 nitrogen and oxygen atoms in total. The van der Waals surface area contributed by atoms with Crippen LogP contribution in [0.15, 0.2) is 36.4 Å². The summed E-state index contributed by atoms with van der Waals surface area (Å²) in [7, 11) is 8.28. The average Bonchev–Trinajstić information content (AvgIpc) is 3.18. The van der Waals surface area contributed by atoms with Crippen LogP contribution in [0.4, 0.5) is 11.5 Å². The number of aromatic nitrogens is 4. The van der Waals surface area contributed by atoms with Crippen molar-refractivity contribution < 1.29 is 18.9 Å². The van der Waals surface area contributed by atoms with Crippen LogP contribution in [0.5, 0.6) is 23.0 Å². The van der Waals surface area contributed by atoms with E-state index >= 15 is 0 Å². The van der Waals surface area contributed by atoms with Crippen LogP contribution < -0.4 is 24.3 Å². The lowest BCUT2D eigenvalue weighted by atomic mass is 10.1. The molecule has 0 spiro atoms. The maximum absolute atomic E-state index is 5.54. The Morgan fingerprint density at radius 1 is 0.882 bits per heavy atom. The standard InChI is InChI=1S/C25H29N5O4/c1-7-10-17-21-22(30(2)29-17)25(26-16-11-8-9-12-18(16)31-3)28-24(27-21)15-13-19(32-4)23(34-6)20(14-15)33-5/h8-9,11-14H,7,10H2,1-6H3,(H,26,27,28). The van der Waals surface area contributed by atoms with E-state index in [1.807, 2.05) is 48.1 Å². The summed E-state index contributed by atoms with van der Waals surface area (Å²) >= 11 is 0. The first kappa shape index (κ1) is 23.2. The second kappa shape index (κ2) is 9.86. The van der Waals surface area contributed by atoms with Gasteiger partial charge in [0, 0.05) is 12.6 Å². The Balaban J connectivity index is 1.96. The molecule has 2 heterocycles. The first-order valence-corrected chi connectivity index (χ1v) is 11.0. The highest BCUT2D eigenvalue weighted by Crippen LogP contribution is 2.41. The number of hydrogen-bond acceptors (Lipinski definition) is 8. The summed E-state index contributed by atoms with van der Waals surface area (Å²) in [5.74, 6) is 3.40.